The van der Waals surface area contributed by atoms with Crippen LogP contribution >= 0.6 is 11.6 Å². The molecule has 8 heteroatoms. The Labute approximate surface area is 211 Å². The van der Waals surface area contributed by atoms with Gasteiger partial charge in [-0.05, 0) is 56.9 Å². The van der Waals surface area contributed by atoms with Crippen molar-refractivity contribution in [2.75, 3.05) is 11.4 Å². The van der Waals surface area contributed by atoms with E-state index in [2.05, 4.69) is 33.3 Å². The van der Waals surface area contributed by atoms with Crippen molar-refractivity contribution < 1.29 is 4.79 Å². The second-order valence-corrected chi connectivity index (χ2v) is 9.82. The Morgan fingerprint density at radius 1 is 1.20 bits per heavy atom. The third-order valence-electron chi connectivity index (χ3n) is 6.97. The van der Waals surface area contributed by atoms with Crippen molar-refractivity contribution in [2.45, 2.75) is 65.5 Å². The number of benzene rings is 1. The van der Waals surface area contributed by atoms with Gasteiger partial charge in [-0.25, -0.2) is 0 Å². The maximum atomic E-state index is 13.5. The average Bonchev–Trinajstić information content (AvgIpc) is 3.26. The number of carbonyl (C=O) groups is 1. The Morgan fingerprint density at radius 2 is 1.94 bits per heavy atom. The minimum absolute atomic E-state index is 0.0549. The van der Waals surface area contributed by atoms with Crippen LogP contribution in [0.4, 0.5) is 5.69 Å². The van der Waals surface area contributed by atoms with Crippen LogP contribution in [-0.2, 0) is 13.6 Å². The summed E-state index contributed by atoms with van der Waals surface area (Å²) < 4.78 is 1.76. The number of H-pyrrole nitrogens is 1. The van der Waals surface area contributed by atoms with E-state index in [9.17, 15) is 9.59 Å². The van der Waals surface area contributed by atoms with Crippen LogP contribution in [0.3, 0.4) is 0 Å². The molecule has 0 spiro atoms. The molecule has 1 saturated carbocycles. The lowest BCUT2D eigenvalue weighted by Crippen LogP contribution is -2.37. The van der Waals surface area contributed by atoms with E-state index in [0.29, 0.717) is 22.9 Å². The number of pyridine rings is 1. The van der Waals surface area contributed by atoms with Crippen LogP contribution < -0.4 is 15.6 Å². The Bertz CT molecular complexity index is 1270. The highest BCUT2D eigenvalue weighted by molar-refractivity contribution is 6.30. The third kappa shape index (κ3) is 5.45. The standard InChI is InChI=1S/C27H34ClN5O2/c1-5-33(21-9-7-6-8-10-21)24-13-19(20-14-30-32(4)16-20)12-22(18(24)3)27(35)29-15-23-25(34)11-17(2)31-26(23)28/h11-14,16,21H,5-10,15H2,1-4H3,(H,29,35)(H,31,34). The second kappa shape index (κ2) is 10.7. The lowest BCUT2D eigenvalue weighted by molar-refractivity contribution is 0.0950. The van der Waals surface area contributed by atoms with Gasteiger partial charge in [0.1, 0.15) is 5.15 Å². The molecule has 2 heterocycles. The van der Waals surface area contributed by atoms with E-state index >= 15 is 0 Å². The fourth-order valence-corrected chi connectivity index (χ4v) is 5.40. The number of aromatic nitrogens is 3. The first-order valence-electron chi connectivity index (χ1n) is 12.3. The molecule has 1 aromatic carbocycles. The number of amides is 1. The fourth-order valence-electron chi connectivity index (χ4n) is 5.09. The predicted molar refractivity (Wildman–Crippen MR) is 141 cm³/mol. The summed E-state index contributed by atoms with van der Waals surface area (Å²) in [6.45, 7) is 6.89. The number of aromatic amines is 1. The Morgan fingerprint density at radius 3 is 2.57 bits per heavy atom. The predicted octanol–water partition coefficient (Wildman–Crippen LogP) is 5.13. The number of hydrogen-bond acceptors (Lipinski definition) is 4. The van der Waals surface area contributed by atoms with Gasteiger partial charge in [0.05, 0.1) is 11.8 Å². The van der Waals surface area contributed by atoms with E-state index in [1.165, 1.54) is 38.2 Å². The molecular formula is C27H34ClN5O2. The van der Waals surface area contributed by atoms with Crippen LogP contribution in [0.1, 0.15) is 66.2 Å². The number of hydrogen-bond donors (Lipinski definition) is 2. The van der Waals surface area contributed by atoms with Gasteiger partial charge in [-0.3, -0.25) is 14.3 Å². The molecule has 0 atom stereocenters. The number of nitrogens with zero attached hydrogens (tertiary/aromatic N) is 3. The highest BCUT2D eigenvalue weighted by atomic mass is 35.5. The van der Waals surface area contributed by atoms with Crippen molar-refractivity contribution >= 4 is 23.2 Å². The van der Waals surface area contributed by atoms with Gasteiger partial charge in [-0.2, -0.15) is 5.10 Å². The smallest absolute Gasteiger partial charge is 0.251 e. The van der Waals surface area contributed by atoms with Gasteiger partial charge in [-0.15, -0.1) is 0 Å². The highest BCUT2D eigenvalue weighted by Gasteiger charge is 2.25. The van der Waals surface area contributed by atoms with Crippen molar-refractivity contribution in [3.05, 3.63) is 68.4 Å². The largest absolute Gasteiger partial charge is 0.369 e. The minimum Gasteiger partial charge on any atom is -0.369 e. The average molecular weight is 496 g/mol. The topological polar surface area (TPSA) is 83.0 Å². The van der Waals surface area contributed by atoms with E-state index < -0.39 is 0 Å². The summed E-state index contributed by atoms with van der Waals surface area (Å²) in [6, 6.07) is 6.06. The highest BCUT2D eigenvalue weighted by Crippen LogP contribution is 2.35. The maximum Gasteiger partial charge on any atom is 0.251 e. The molecular weight excluding hydrogens is 462 g/mol. The zero-order chi connectivity index (χ0) is 25.1. The van der Waals surface area contributed by atoms with Crippen LogP contribution in [0, 0.1) is 13.8 Å². The fraction of sp³-hybridized carbons (Fsp3) is 0.444. The number of nitrogens with one attached hydrogen (secondary N) is 2. The first-order valence-corrected chi connectivity index (χ1v) is 12.7. The van der Waals surface area contributed by atoms with Gasteiger partial charge < -0.3 is 15.2 Å². The Hall–Kier alpha value is -3.06. The first kappa shape index (κ1) is 25.0. The number of carbonyl (C=O) groups excluding carboxylic acids is 1. The van der Waals surface area contributed by atoms with Gasteiger partial charge in [0.2, 0.25) is 0 Å². The molecule has 0 unspecified atom stereocenters. The summed E-state index contributed by atoms with van der Waals surface area (Å²) in [5.74, 6) is -0.231. The van der Waals surface area contributed by atoms with Crippen LogP contribution in [0.2, 0.25) is 5.15 Å². The third-order valence-corrected chi connectivity index (χ3v) is 7.29. The second-order valence-electron chi connectivity index (χ2n) is 9.44. The summed E-state index contributed by atoms with van der Waals surface area (Å²) in [6.07, 6.45) is 9.87. The van der Waals surface area contributed by atoms with E-state index in [0.717, 1.165) is 28.9 Å². The molecule has 0 radical (unpaired) electrons. The molecule has 1 aliphatic carbocycles. The number of anilines is 1. The van der Waals surface area contributed by atoms with E-state index in [4.69, 9.17) is 11.6 Å². The van der Waals surface area contributed by atoms with Gasteiger partial charge in [0, 0.05) is 61.0 Å². The SMILES string of the molecule is CCN(c1cc(-c2cnn(C)c2)cc(C(=O)NCc2c(Cl)[nH]c(C)cc2=O)c1C)C1CCCCC1. The summed E-state index contributed by atoms with van der Waals surface area (Å²) >= 11 is 6.25. The number of rotatable bonds is 7. The maximum absolute atomic E-state index is 13.5. The molecule has 0 saturated heterocycles. The molecule has 1 aliphatic rings. The molecule has 1 amide bonds. The van der Waals surface area contributed by atoms with Gasteiger partial charge in [0.15, 0.2) is 5.43 Å². The number of halogens is 1. The molecule has 2 N–H and O–H groups in total. The van der Waals surface area contributed by atoms with Crippen molar-refractivity contribution in [2.24, 2.45) is 7.05 Å². The lowest BCUT2D eigenvalue weighted by Gasteiger charge is -2.37. The van der Waals surface area contributed by atoms with E-state index in [1.807, 2.05) is 32.4 Å². The monoisotopic (exact) mass is 495 g/mol. The van der Waals surface area contributed by atoms with Crippen LogP contribution in [0.15, 0.2) is 35.4 Å². The molecule has 0 bridgehead atoms. The molecule has 4 rings (SSSR count). The normalized spacial score (nSPS) is 14.2. The number of aryl methyl sites for hydroxylation is 2. The quantitative estimate of drug-likeness (QED) is 0.445. The molecule has 1 fully saturated rings. The summed E-state index contributed by atoms with van der Waals surface area (Å²) in [5, 5.41) is 7.50. The Kier molecular flexibility index (Phi) is 7.65. The molecule has 2 aromatic heterocycles. The summed E-state index contributed by atoms with van der Waals surface area (Å²) in [4.78, 5) is 31.3. The van der Waals surface area contributed by atoms with Crippen molar-refractivity contribution in [3.63, 3.8) is 0 Å². The van der Waals surface area contributed by atoms with Crippen molar-refractivity contribution in [1.82, 2.24) is 20.1 Å². The summed E-state index contributed by atoms with van der Waals surface area (Å²) in [7, 11) is 1.88. The van der Waals surface area contributed by atoms with E-state index in [-0.39, 0.29) is 23.0 Å². The zero-order valence-electron chi connectivity index (χ0n) is 20.9. The molecule has 3 aromatic rings. The first-order chi connectivity index (χ1) is 16.8. The zero-order valence-corrected chi connectivity index (χ0v) is 21.7. The van der Waals surface area contributed by atoms with Crippen molar-refractivity contribution in [3.8, 4) is 11.1 Å². The minimum atomic E-state index is -0.231. The van der Waals surface area contributed by atoms with Gasteiger partial charge in [0.25, 0.3) is 5.91 Å². The van der Waals surface area contributed by atoms with Gasteiger partial charge in [-0.1, -0.05) is 30.9 Å². The Balaban J connectivity index is 1.71. The van der Waals surface area contributed by atoms with Crippen LogP contribution in [0.25, 0.3) is 11.1 Å². The molecule has 186 valence electrons. The van der Waals surface area contributed by atoms with Crippen LogP contribution in [0.5, 0.6) is 0 Å². The summed E-state index contributed by atoms with van der Waals surface area (Å²) in [5.41, 5.74) is 5.36. The van der Waals surface area contributed by atoms with E-state index in [1.54, 1.807) is 11.6 Å². The molecule has 7 nitrogen and oxygen atoms in total. The van der Waals surface area contributed by atoms with Crippen LogP contribution in [-0.4, -0.2) is 33.3 Å². The van der Waals surface area contributed by atoms with Gasteiger partial charge >= 0.3 is 0 Å². The lowest BCUT2D eigenvalue weighted by atomic mass is 9.92. The van der Waals surface area contributed by atoms with Crippen molar-refractivity contribution in [1.29, 1.82) is 0 Å². The molecule has 0 aliphatic heterocycles. The molecule has 35 heavy (non-hydrogen) atoms.